The number of rotatable bonds is 5. The second-order valence-corrected chi connectivity index (χ2v) is 10.2. The number of ether oxygens (including phenoxy) is 1. The van der Waals surface area contributed by atoms with Crippen LogP contribution in [0.15, 0.2) is 61.9 Å². The molecule has 0 aliphatic heterocycles. The van der Waals surface area contributed by atoms with Crippen LogP contribution in [0.25, 0.3) is 22.6 Å². The van der Waals surface area contributed by atoms with Gasteiger partial charge in [0.15, 0.2) is 10.7 Å². The number of nitrogens with one attached hydrogen (secondary N) is 2. The van der Waals surface area contributed by atoms with E-state index < -0.39 is 5.91 Å². The van der Waals surface area contributed by atoms with E-state index in [9.17, 15) is 9.90 Å². The van der Waals surface area contributed by atoms with Crippen molar-refractivity contribution >= 4 is 71.9 Å². The van der Waals surface area contributed by atoms with Crippen LogP contribution in [-0.2, 0) is 0 Å². The van der Waals surface area contributed by atoms with Gasteiger partial charge in [0.2, 0.25) is 5.89 Å². The summed E-state index contributed by atoms with van der Waals surface area (Å²) < 4.78 is 12.5. The first-order chi connectivity index (χ1) is 16.7. The molecule has 3 N–H and O–H groups in total. The van der Waals surface area contributed by atoms with Gasteiger partial charge in [-0.25, -0.2) is 4.98 Å². The number of fused-ring (bicyclic) bond motifs is 1. The van der Waals surface area contributed by atoms with Crippen LogP contribution in [0.4, 0.5) is 5.69 Å². The van der Waals surface area contributed by atoms with Crippen LogP contribution in [0.1, 0.15) is 35.7 Å². The SMILES string of the molecule is COc1c(Br)cc(Br)cc1C(=O)NC(=S)Nc1ccc(-c2nc3cc(C(C)C)ccc3o2)c(O)c1. The number of methoxy groups -OCH3 is 1. The zero-order valence-electron chi connectivity index (χ0n) is 19.0. The Morgan fingerprint density at radius 1 is 1.14 bits per heavy atom. The third kappa shape index (κ3) is 5.50. The quantitative estimate of drug-likeness (QED) is 0.208. The summed E-state index contributed by atoms with van der Waals surface area (Å²) in [7, 11) is 1.48. The van der Waals surface area contributed by atoms with E-state index in [1.165, 1.54) is 13.2 Å². The molecule has 10 heteroatoms. The molecule has 0 aliphatic carbocycles. The molecule has 1 amide bonds. The molecular weight excluding hydrogens is 598 g/mol. The van der Waals surface area contributed by atoms with E-state index in [0.29, 0.717) is 48.9 Å². The Morgan fingerprint density at radius 3 is 2.60 bits per heavy atom. The highest BCUT2D eigenvalue weighted by atomic mass is 79.9. The number of phenols is 1. The molecule has 1 heterocycles. The number of carbonyl (C=O) groups excluding carboxylic acids is 1. The van der Waals surface area contributed by atoms with Crippen molar-refractivity contribution in [3.8, 4) is 23.0 Å². The van der Waals surface area contributed by atoms with Crippen molar-refractivity contribution < 1.29 is 19.1 Å². The summed E-state index contributed by atoms with van der Waals surface area (Å²) in [6.07, 6.45) is 0. The number of thiocarbonyl (C=S) groups is 1. The van der Waals surface area contributed by atoms with Crippen LogP contribution in [0.5, 0.6) is 11.5 Å². The fourth-order valence-electron chi connectivity index (χ4n) is 3.48. The van der Waals surface area contributed by atoms with Gasteiger partial charge >= 0.3 is 0 Å². The normalized spacial score (nSPS) is 11.0. The lowest BCUT2D eigenvalue weighted by molar-refractivity contribution is 0.0974. The number of anilines is 1. The minimum atomic E-state index is -0.450. The summed E-state index contributed by atoms with van der Waals surface area (Å²) in [5.41, 5.74) is 3.75. The molecule has 0 fully saturated rings. The maximum atomic E-state index is 12.8. The number of hydrogen-bond acceptors (Lipinski definition) is 6. The second kappa shape index (κ2) is 10.3. The lowest BCUT2D eigenvalue weighted by Crippen LogP contribution is -2.34. The number of halogens is 2. The van der Waals surface area contributed by atoms with Gasteiger partial charge in [0.25, 0.3) is 5.91 Å². The molecular formula is C25H21Br2N3O4S. The standard InChI is InChI=1S/C25H21Br2N3O4S/c1-12(2)13-4-7-21-19(8-13)29-24(34-21)16-6-5-15(11-20(16)31)28-25(35)30-23(32)17-9-14(26)10-18(27)22(17)33-3/h4-12,31H,1-3H3,(H2,28,30,32,35). The Kier molecular flexibility index (Phi) is 7.44. The number of hydrogen-bond donors (Lipinski definition) is 3. The van der Waals surface area contributed by atoms with E-state index in [-0.39, 0.29) is 10.9 Å². The molecule has 0 atom stereocenters. The summed E-state index contributed by atoms with van der Waals surface area (Å²) in [5.74, 6) is 0.572. The first kappa shape index (κ1) is 25.2. The summed E-state index contributed by atoms with van der Waals surface area (Å²) in [6.45, 7) is 4.22. The molecule has 180 valence electrons. The van der Waals surface area contributed by atoms with E-state index in [1.807, 2.05) is 18.2 Å². The zero-order valence-corrected chi connectivity index (χ0v) is 23.0. The molecule has 3 aromatic carbocycles. The number of aromatic nitrogens is 1. The van der Waals surface area contributed by atoms with E-state index in [1.54, 1.807) is 24.3 Å². The zero-order chi connectivity index (χ0) is 25.3. The Labute approximate surface area is 224 Å². The molecule has 0 saturated heterocycles. The molecule has 0 spiro atoms. The molecule has 0 aliphatic rings. The van der Waals surface area contributed by atoms with Crippen LogP contribution in [0.2, 0.25) is 0 Å². The molecule has 4 rings (SSSR count). The predicted octanol–water partition coefficient (Wildman–Crippen LogP) is 6.98. The number of aromatic hydroxyl groups is 1. The Balaban J connectivity index is 1.50. The third-order valence-electron chi connectivity index (χ3n) is 5.25. The van der Waals surface area contributed by atoms with Crippen molar-refractivity contribution in [2.45, 2.75) is 19.8 Å². The van der Waals surface area contributed by atoms with Crippen molar-refractivity contribution in [3.05, 3.63) is 68.6 Å². The Morgan fingerprint density at radius 2 is 1.91 bits per heavy atom. The van der Waals surface area contributed by atoms with Gasteiger partial charge in [-0.3, -0.25) is 10.1 Å². The average Bonchev–Trinajstić information content (AvgIpc) is 3.21. The van der Waals surface area contributed by atoms with Gasteiger partial charge in [0.05, 0.1) is 22.7 Å². The third-order valence-corrected chi connectivity index (χ3v) is 6.50. The molecule has 0 unspecified atom stereocenters. The van der Waals surface area contributed by atoms with Crippen molar-refractivity contribution in [3.63, 3.8) is 0 Å². The summed E-state index contributed by atoms with van der Waals surface area (Å²) in [4.78, 5) is 17.3. The summed E-state index contributed by atoms with van der Waals surface area (Å²) in [6, 6.07) is 14.1. The van der Waals surface area contributed by atoms with Crippen molar-refractivity contribution in [2.24, 2.45) is 0 Å². The van der Waals surface area contributed by atoms with Crippen molar-refractivity contribution in [1.29, 1.82) is 0 Å². The van der Waals surface area contributed by atoms with E-state index >= 15 is 0 Å². The summed E-state index contributed by atoms with van der Waals surface area (Å²) in [5, 5.41) is 16.2. The maximum Gasteiger partial charge on any atom is 0.261 e. The van der Waals surface area contributed by atoms with Crippen LogP contribution in [0, 0.1) is 0 Å². The topological polar surface area (TPSA) is 96.6 Å². The van der Waals surface area contributed by atoms with E-state index in [0.717, 1.165) is 11.1 Å². The molecule has 1 aromatic heterocycles. The van der Waals surface area contributed by atoms with Gasteiger partial charge in [-0.15, -0.1) is 0 Å². The van der Waals surface area contributed by atoms with Gasteiger partial charge in [0.1, 0.15) is 17.0 Å². The number of nitrogens with zero attached hydrogens (tertiary/aromatic N) is 1. The number of amides is 1. The Hall–Kier alpha value is -2.95. The molecule has 0 radical (unpaired) electrons. The smallest absolute Gasteiger partial charge is 0.261 e. The van der Waals surface area contributed by atoms with Crippen molar-refractivity contribution in [2.75, 3.05) is 12.4 Å². The highest BCUT2D eigenvalue weighted by Crippen LogP contribution is 2.34. The largest absolute Gasteiger partial charge is 0.507 e. The highest BCUT2D eigenvalue weighted by Gasteiger charge is 2.18. The van der Waals surface area contributed by atoms with E-state index in [4.69, 9.17) is 21.4 Å². The van der Waals surface area contributed by atoms with Crippen LogP contribution < -0.4 is 15.4 Å². The Bertz CT molecular complexity index is 1450. The number of benzene rings is 3. The lowest BCUT2D eigenvalue weighted by Gasteiger charge is -2.13. The fourth-order valence-corrected chi connectivity index (χ4v) is 5.08. The molecule has 0 bridgehead atoms. The van der Waals surface area contributed by atoms with Crippen LogP contribution in [-0.4, -0.2) is 28.2 Å². The summed E-state index contributed by atoms with van der Waals surface area (Å²) >= 11 is 12.0. The first-order valence-electron chi connectivity index (χ1n) is 10.6. The van der Waals surface area contributed by atoms with Gasteiger partial charge < -0.3 is 19.6 Å². The molecule has 4 aromatic rings. The average molecular weight is 619 g/mol. The fraction of sp³-hybridized carbons (Fsp3) is 0.160. The lowest BCUT2D eigenvalue weighted by atomic mass is 10.0. The minimum Gasteiger partial charge on any atom is -0.507 e. The highest BCUT2D eigenvalue weighted by molar-refractivity contribution is 9.11. The van der Waals surface area contributed by atoms with Gasteiger partial charge in [-0.05, 0) is 76.0 Å². The predicted molar refractivity (Wildman–Crippen MR) is 147 cm³/mol. The van der Waals surface area contributed by atoms with Gasteiger partial charge in [-0.2, -0.15) is 0 Å². The number of phenolic OH excluding ortho intramolecular Hbond substituents is 1. The van der Waals surface area contributed by atoms with Crippen LogP contribution in [0.3, 0.4) is 0 Å². The molecule has 7 nitrogen and oxygen atoms in total. The van der Waals surface area contributed by atoms with Gasteiger partial charge in [-0.1, -0.05) is 35.8 Å². The van der Waals surface area contributed by atoms with E-state index in [2.05, 4.69) is 61.3 Å². The maximum absolute atomic E-state index is 12.8. The first-order valence-corrected chi connectivity index (χ1v) is 12.5. The molecule has 0 saturated carbocycles. The minimum absolute atomic E-state index is 0.0441. The second-order valence-electron chi connectivity index (χ2n) is 8.01. The van der Waals surface area contributed by atoms with Gasteiger partial charge in [0, 0.05) is 16.2 Å². The number of oxazole rings is 1. The van der Waals surface area contributed by atoms with Crippen molar-refractivity contribution in [1.82, 2.24) is 10.3 Å². The monoisotopic (exact) mass is 617 g/mol. The molecule has 35 heavy (non-hydrogen) atoms. The number of carbonyl (C=O) groups is 1. The van der Waals surface area contributed by atoms with Crippen LogP contribution >= 0.6 is 44.1 Å².